The predicted octanol–water partition coefficient (Wildman–Crippen LogP) is 2.97. The Kier molecular flexibility index (Phi) is 3.20. The van der Waals surface area contributed by atoms with Gasteiger partial charge in [0.15, 0.2) is 0 Å². The second-order valence-corrected chi connectivity index (χ2v) is 6.46. The highest BCUT2D eigenvalue weighted by Gasteiger charge is 2.57. The van der Waals surface area contributed by atoms with E-state index in [1.807, 2.05) is 0 Å². The lowest BCUT2D eigenvalue weighted by molar-refractivity contribution is -0.0906. The molecule has 0 amide bonds. The van der Waals surface area contributed by atoms with E-state index in [0.29, 0.717) is 10.8 Å². The third-order valence-corrected chi connectivity index (χ3v) is 6.20. The summed E-state index contributed by atoms with van der Waals surface area (Å²) in [6, 6.07) is 0. The van der Waals surface area contributed by atoms with E-state index >= 15 is 0 Å². The molecule has 3 aliphatic rings. The lowest BCUT2D eigenvalue weighted by Crippen LogP contribution is -2.53. The van der Waals surface area contributed by atoms with Crippen molar-refractivity contribution in [3.8, 4) is 0 Å². The summed E-state index contributed by atoms with van der Waals surface area (Å²) >= 11 is 0. The normalized spacial score (nSPS) is 41.1. The van der Waals surface area contributed by atoms with Gasteiger partial charge in [0.05, 0.1) is 0 Å². The number of fused-ring (bicyclic) bond motifs is 1. The summed E-state index contributed by atoms with van der Waals surface area (Å²) in [6.45, 7) is 6.94. The van der Waals surface area contributed by atoms with Crippen LogP contribution < -0.4 is 5.32 Å². The summed E-state index contributed by atoms with van der Waals surface area (Å²) in [5, 5.41) is 3.63. The minimum atomic E-state index is 0.647. The maximum atomic E-state index is 5.64. The SMILES string of the molecule is CCC1CNCCC12CCCC21CCOCC1. The van der Waals surface area contributed by atoms with Crippen LogP contribution in [0.2, 0.25) is 0 Å². The zero-order chi connectivity index (χ0) is 11.8. The van der Waals surface area contributed by atoms with Crippen molar-refractivity contribution in [2.24, 2.45) is 16.7 Å². The van der Waals surface area contributed by atoms with Gasteiger partial charge in [0.2, 0.25) is 0 Å². The van der Waals surface area contributed by atoms with Crippen molar-refractivity contribution in [3.05, 3.63) is 0 Å². The molecule has 0 bridgehead atoms. The van der Waals surface area contributed by atoms with Crippen molar-refractivity contribution in [1.82, 2.24) is 5.32 Å². The van der Waals surface area contributed by atoms with E-state index in [2.05, 4.69) is 12.2 Å². The van der Waals surface area contributed by atoms with Gasteiger partial charge in [-0.25, -0.2) is 0 Å². The predicted molar refractivity (Wildman–Crippen MR) is 70.0 cm³/mol. The fraction of sp³-hybridized carbons (Fsp3) is 1.00. The van der Waals surface area contributed by atoms with Crippen molar-refractivity contribution in [2.75, 3.05) is 26.3 Å². The van der Waals surface area contributed by atoms with Gasteiger partial charge in [-0.1, -0.05) is 19.8 Å². The molecule has 2 saturated heterocycles. The van der Waals surface area contributed by atoms with Crippen molar-refractivity contribution >= 4 is 0 Å². The Labute approximate surface area is 105 Å². The van der Waals surface area contributed by atoms with E-state index in [0.717, 1.165) is 19.1 Å². The molecule has 1 aliphatic carbocycles. The molecule has 1 saturated carbocycles. The minimum Gasteiger partial charge on any atom is -0.381 e. The second-order valence-electron chi connectivity index (χ2n) is 6.46. The lowest BCUT2D eigenvalue weighted by atomic mass is 9.53. The van der Waals surface area contributed by atoms with Crippen molar-refractivity contribution < 1.29 is 4.74 Å². The summed E-state index contributed by atoms with van der Waals surface area (Å²) in [5.41, 5.74) is 1.31. The Morgan fingerprint density at radius 2 is 1.94 bits per heavy atom. The molecule has 2 nitrogen and oxygen atoms in total. The van der Waals surface area contributed by atoms with E-state index in [1.165, 1.54) is 58.0 Å². The van der Waals surface area contributed by atoms with Gasteiger partial charge in [-0.15, -0.1) is 0 Å². The highest BCUT2D eigenvalue weighted by atomic mass is 16.5. The van der Waals surface area contributed by atoms with E-state index in [1.54, 1.807) is 0 Å². The largest absolute Gasteiger partial charge is 0.381 e. The average Bonchev–Trinajstić information content (AvgIpc) is 2.70. The molecule has 0 radical (unpaired) electrons. The van der Waals surface area contributed by atoms with E-state index in [9.17, 15) is 0 Å². The van der Waals surface area contributed by atoms with Gasteiger partial charge in [0, 0.05) is 13.2 Å². The molecule has 3 fully saturated rings. The Morgan fingerprint density at radius 3 is 2.71 bits per heavy atom. The van der Waals surface area contributed by atoms with E-state index in [-0.39, 0.29) is 0 Å². The minimum absolute atomic E-state index is 0.647. The molecule has 98 valence electrons. The van der Waals surface area contributed by atoms with Crippen LogP contribution in [0.4, 0.5) is 0 Å². The zero-order valence-electron chi connectivity index (χ0n) is 11.3. The van der Waals surface area contributed by atoms with Crippen LogP contribution in [0.5, 0.6) is 0 Å². The number of nitrogens with one attached hydrogen (secondary N) is 1. The molecule has 0 aromatic heterocycles. The Balaban J connectivity index is 1.91. The standard InChI is InChI=1S/C15H27NO/c1-2-13-12-16-9-6-15(13)5-3-4-14(15)7-10-17-11-8-14/h13,16H,2-12H2,1H3. The second kappa shape index (κ2) is 4.55. The molecule has 0 aromatic rings. The smallest absolute Gasteiger partial charge is 0.0471 e. The van der Waals surface area contributed by atoms with Crippen molar-refractivity contribution in [1.29, 1.82) is 0 Å². The third kappa shape index (κ3) is 1.67. The van der Waals surface area contributed by atoms with Gasteiger partial charge in [0.25, 0.3) is 0 Å². The van der Waals surface area contributed by atoms with Crippen LogP contribution in [-0.4, -0.2) is 26.3 Å². The molecular formula is C15H27NO. The van der Waals surface area contributed by atoms with Gasteiger partial charge in [-0.05, 0) is 61.9 Å². The first kappa shape index (κ1) is 12.0. The third-order valence-electron chi connectivity index (χ3n) is 6.20. The number of piperidine rings is 1. The molecule has 0 aromatic carbocycles. The quantitative estimate of drug-likeness (QED) is 0.757. The molecule has 2 heterocycles. The van der Waals surface area contributed by atoms with Crippen LogP contribution in [0.25, 0.3) is 0 Å². The Bertz CT molecular complexity index is 272. The first-order chi connectivity index (χ1) is 8.33. The van der Waals surface area contributed by atoms with Crippen LogP contribution in [0.15, 0.2) is 0 Å². The van der Waals surface area contributed by atoms with Gasteiger partial charge in [-0.2, -0.15) is 0 Å². The molecule has 1 N–H and O–H groups in total. The van der Waals surface area contributed by atoms with Crippen LogP contribution >= 0.6 is 0 Å². The van der Waals surface area contributed by atoms with Crippen LogP contribution in [-0.2, 0) is 4.74 Å². The molecule has 2 unspecified atom stereocenters. The Hall–Kier alpha value is -0.0800. The summed E-state index contributed by atoms with van der Waals surface area (Å²) in [7, 11) is 0. The van der Waals surface area contributed by atoms with E-state index < -0.39 is 0 Å². The maximum Gasteiger partial charge on any atom is 0.0471 e. The first-order valence-corrected chi connectivity index (χ1v) is 7.61. The number of hydrogen-bond acceptors (Lipinski definition) is 2. The maximum absolute atomic E-state index is 5.64. The topological polar surface area (TPSA) is 21.3 Å². The van der Waals surface area contributed by atoms with Crippen LogP contribution in [0.3, 0.4) is 0 Å². The highest BCUT2D eigenvalue weighted by Crippen LogP contribution is 2.64. The van der Waals surface area contributed by atoms with Gasteiger partial charge >= 0.3 is 0 Å². The number of ether oxygens (including phenoxy) is 1. The fourth-order valence-electron chi connectivity index (χ4n) is 5.32. The molecule has 2 spiro atoms. The summed E-state index contributed by atoms with van der Waals surface area (Å²) in [4.78, 5) is 0. The average molecular weight is 237 g/mol. The number of rotatable bonds is 1. The molecule has 2 aliphatic heterocycles. The fourth-order valence-corrected chi connectivity index (χ4v) is 5.32. The molecule has 2 atom stereocenters. The first-order valence-electron chi connectivity index (χ1n) is 7.61. The Morgan fingerprint density at radius 1 is 1.12 bits per heavy atom. The zero-order valence-corrected chi connectivity index (χ0v) is 11.3. The van der Waals surface area contributed by atoms with Crippen molar-refractivity contribution in [2.45, 2.75) is 51.9 Å². The van der Waals surface area contributed by atoms with Gasteiger partial charge in [-0.3, -0.25) is 0 Å². The van der Waals surface area contributed by atoms with Crippen LogP contribution in [0, 0.1) is 16.7 Å². The summed E-state index contributed by atoms with van der Waals surface area (Å²) in [5.74, 6) is 0.914. The highest BCUT2D eigenvalue weighted by molar-refractivity contribution is 5.08. The van der Waals surface area contributed by atoms with E-state index in [4.69, 9.17) is 4.74 Å². The van der Waals surface area contributed by atoms with Crippen molar-refractivity contribution in [3.63, 3.8) is 0 Å². The van der Waals surface area contributed by atoms with Gasteiger partial charge < -0.3 is 10.1 Å². The molecule has 3 rings (SSSR count). The molecule has 2 heteroatoms. The van der Waals surface area contributed by atoms with Gasteiger partial charge in [0.1, 0.15) is 0 Å². The lowest BCUT2D eigenvalue weighted by Gasteiger charge is -2.55. The molecule has 17 heavy (non-hydrogen) atoms. The summed E-state index contributed by atoms with van der Waals surface area (Å²) < 4.78 is 5.64. The molecular weight excluding hydrogens is 210 g/mol. The number of hydrogen-bond donors (Lipinski definition) is 1. The summed E-state index contributed by atoms with van der Waals surface area (Å²) in [6.07, 6.45) is 9.89. The van der Waals surface area contributed by atoms with Crippen LogP contribution in [0.1, 0.15) is 51.9 Å². The monoisotopic (exact) mass is 237 g/mol.